The first-order chi connectivity index (χ1) is 11.1. The van der Waals surface area contributed by atoms with Crippen molar-refractivity contribution < 1.29 is 32.7 Å². The van der Waals surface area contributed by atoms with E-state index in [4.69, 9.17) is 9.90 Å². The lowest BCUT2D eigenvalue weighted by Gasteiger charge is -2.23. The van der Waals surface area contributed by atoms with Crippen LogP contribution in [-0.2, 0) is 9.59 Å². The number of alkyl halides is 3. The number of rotatable bonds is 1. The molecule has 10 heteroatoms. The number of carboxylic acid groups (broad SMARTS) is 1. The van der Waals surface area contributed by atoms with E-state index < -0.39 is 12.1 Å². The molecule has 0 saturated carbocycles. The molecule has 1 aromatic rings. The predicted octanol–water partition coefficient (Wildman–Crippen LogP) is 1.09. The molecule has 0 radical (unpaired) electrons. The number of carbonyl (C=O) groups is 3. The third-order valence-electron chi connectivity index (χ3n) is 4.13. The highest BCUT2D eigenvalue weighted by Gasteiger charge is 2.46. The summed E-state index contributed by atoms with van der Waals surface area (Å²) < 4.78 is 31.7. The van der Waals surface area contributed by atoms with E-state index in [0.29, 0.717) is 12.0 Å². The number of nitrogens with zero attached hydrogens (tertiary/aromatic N) is 2. The van der Waals surface area contributed by atoms with Crippen LogP contribution in [0.25, 0.3) is 0 Å². The van der Waals surface area contributed by atoms with Gasteiger partial charge in [-0.1, -0.05) is 0 Å². The SMILES string of the molecule is CN1C(=O)C[C@H]2[C@@H]1CCN2C(=O)c1cc[nH]c1.O=C(O)C(F)(F)F. The molecule has 3 heterocycles. The van der Waals surface area contributed by atoms with Gasteiger partial charge in [-0.2, -0.15) is 13.2 Å². The number of halogens is 3. The zero-order chi connectivity index (χ0) is 18.1. The Morgan fingerprint density at radius 2 is 1.96 bits per heavy atom. The summed E-state index contributed by atoms with van der Waals surface area (Å²) in [5.41, 5.74) is 0.674. The predicted molar refractivity (Wildman–Crippen MR) is 75.1 cm³/mol. The second-order valence-corrected chi connectivity index (χ2v) is 5.53. The zero-order valence-corrected chi connectivity index (χ0v) is 12.7. The number of amides is 2. The molecular weight excluding hydrogens is 331 g/mol. The van der Waals surface area contributed by atoms with Crippen molar-refractivity contribution in [2.45, 2.75) is 31.1 Å². The number of carboxylic acids is 1. The molecule has 2 N–H and O–H groups in total. The summed E-state index contributed by atoms with van der Waals surface area (Å²) in [6, 6.07) is 2.05. The number of carbonyl (C=O) groups excluding carboxylic acids is 2. The molecule has 3 rings (SSSR count). The van der Waals surface area contributed by atoms with E-state index in [9.17, 15) is 22.8 Å². The Morgan fingerprint density at radius 3 is 2.46 bits per heavy atom. The molecule has 2 amide bonds. The van der Waals surface area contributed by atoms with Crippen LogP contribution >= 0.6 is 0 Å². The first kappa shape index (κ1) is 17.8. The van der Waals surface area contributed by atoms with Crippen molar-refractivity contribution >= 4 is 17.8 Å². The number of H-pyrrole nitrogens is 1. The van der Waals surface area contributed by atoms with Crippen molar-refractivity contribution in [3.63, 3.8) is 0 Å². The Balaban J connectivity index is 0.000000256. The van der Waals surface area contributed by atoms with Crippen LogP contribution in [0.2, 0.25) is 0 Å². The van der Waals surface area contributed by atoms with Crippen LogP contribution in [0.4, 0.5) is 13.2 Å². The van der Waals surface area contributed by atoms with Crippen molar-refractivity contribution in [2.24, 2.45) is 0 Å². The molecule has 2 fully saturated rings. The number of fused-ring (bicyclic) bond motifs is 1. The summed E-state index contributed by atoms with van der Waals surface area (Å²) >= 11 is 0. The smallest absolute Gasteiger partial charge is 0.475 e. The standard InChI is InChI=1S/C12H15N3O2.C2HF3O2/c1-14-9-3-5-15(10(9)6-11(14)16)12(17)8-2-4-13-7-8;3-2(4,5)1(6)7/h2,4,7,9-10,13H,3,5-6H2,1H3;(H,6,7)/t9-,10-;/m0./s1. The van der Waals surface area contributed by atoms with Crippen molar-refractivity contribution in [3.8, 4) is 0 Å². The number of hydrogen-bond acceptors (Lipinski definition) is 3. The molecule has 7 nitrogen and oxygen atoms in total. The molecule has 2 aliphatic heterocycles. The maximum Gasteiger partial charge on any atom is 0.490 e. The first-order valence-electron chi connectivity index (χ1n) is 7.12. The minimum atomic E-state index is -5.08. The monoisotopic (exact) mass is 347 g/mol. The van der Waals surface area contributed by atoms with Gasteiger partial charge in [-0.15, -0.1) is 0 Å². The summed E-state index contributed by atoms with van der Waals surface area (Å²) in [6.45, 7) is 0.747. The van der Waals surface area contributed by atoms with Gasteiger partial charge in [0, 0.05) is 32.4 Å². The lowest BCUT2D eigenvalue weighted by molar-refractivity contribution is -0.192. The normalized spacial score (nSPS) is 22.9. The van der Waals surface area contributed by atoms with Crippen molar-refractivity contribution in [2.75, 3.05) is 13.6 Å². The lowest BCUT2D eigenvalue weighted by Crippen LogP contribution is -2.38. The third-order valence-corrected chi connectivity index (χ3v) is 4.13. The Kier molecular flexibility index (Phi) is 4.86. The Labute approximate surface area is 135 Å². The van der Waals surface area contributed by atoms with Crippen LogP contribution in [0.15, 0.2) is 18.5 Å². The fourth-order valence-electron chi connectivity index (χ4n) is 2.92. The Morgan fingerprint density at radius 1 is 1.33 bits per heavy atom. The quantitative estimate of drug-likeness (QED) is 0.795. The molecule has 1 aromatic heterocycles. The van der Waals surface area contributed by atoms with E-state index in [2.05, 4.69) is 4.98 Å². The van der Waals surface area contributed by atoms with Gasteiger partial charge in [0.2, 0.25) is 5.91 Å². The molecule has 2 saturated heterocycles. The minimum absolute atomic E-state index is 0.0295. The van der Waals surface area contributed by atoms with E-state index in [0.717, 1.165) is 13.0 Å². The molecule has 0 unspecified atom stereocenters. The van der Waals surface area contributed by atoms with Gasteiger partial charge in [0.15, 0.2) is 0 Å². The molecule has 2 atom stereocenters. The van der Waals surface area contributed by atoms with Gasteiger partial charge >= 0.3 is 12.1 Å². The fraction of sp³-hybridized carbons (Fsp3) is 0.500. The van der Waals surface area contributed by atoms with Crippen LogP contribution in [0.1, 0.15) is 23.2 Å². The number of likely N-dealkylation sites (N-methyl/N-ethyl adjacent to an activating group) is 1. The summed E-state index contributed by atoms with van der Waals surface area (Å²) in [5, 5.41) is 7.12. The number of nitrogens with one attached hydrogen (secondary N) is 1. The highest BCUT2D eigenvalue weighted by atomic mass is 19.4. The van der Waals surface area contributed by atoms with Crippen LogP contribution in [0, 0.1) is 0 Å². The summed E-state index contributed by atoms with van der Waals surface area (Å²) in [6.07, 6.45) is -0.275. The van der Waals surface area contributed by atoms with Gasteiger partial charge in [-0.25, -0.2) is 4.79 Å². The maximum atomic E-state index is 12.2. The Bertz CT molecular complexity index is 630. The first-order valence-corrected chi connectivity index (χ1v) is 7.12. The van der Waals surface area contributed by atoms with E-state index in [1.807, 2.05) is 11.9 Å². The van der Waals surface area contributed by atoms with Gasteiger partial charge in [0.25, 0.3) is 5.91 Å². The zero-order valence-electron chi connectivity index (χ0n) is 12.7. The minimum Gasteiger partial charge on any atom is -0.475 e. The van der Waals surface area contributed by atoms with Crippen LogP contribution in [-0.4, -0.2) is 69.5 Å². The van der Waals surface area contributed by atoms with Gasteiger partial charge in [-0.05, 0) is 12.5 Å². The number of aliphatic carboxylic acids is 1. The number of hydrogen-bond donors (Lipinski definition) is 2. The van der Waals surface area contributed by atoms with Gasteiger partial charge in [0.05, 0.1) is 17.6 Å². The highest BCUT2D eigenvalue weighted by Crippen LogP contribution is 2.32. The van der Waals surface area contributed by atoms with Crippen LogP contribution < -0.4 is 0 Å². The molecule has 0 bridgehead atoms. The van der Waals surface area contributed by atoms with Gasteiger partial charge in [0.1, 0.15) is 0 Å². The maximum absolute atomic E-state index is 12.2. The fourth-order valence-corrected chi connectivity index (χ4v) is 2.92. The molecule has 2 aliphatic rings. The molecular formula is C14H16F3N3O4. The van der Waals surface area contributed by atoms with Crippen LogP contribution in [0.5, 0.6) is 0 Å². The topological polar surface area (TPSA) is 93.7 Å². The van der Waals surface area contributed by atoms with Crippen molar-refractivity contribution in [3.05, 3.63) is 24.0 Å². The molecule has 0 aromatic carbocycles. The summed E-state index contributed by atoms with van der Waals surface area (Å²) in [5.74, 6) is -2.58. The van der Waals surface area contributed by atoms with E-state index in [1.165, 1.54) is 0 Å². The van der Waals surface area contributed by atoms with Gasteiger partial charge in [-0.3, -0.25) is 9.59 Å². The third kappa shape index (κ3) is 3.52. The number of aromatic amines is 1. The van der Waals surface area contributed by atoms with Crippen molar-refractivity contribution in [1.82, 2.24) is 14.8 Å². The van der Waals surface area contributed by atoms with Gasteiger partial charge < -0.3 is 19.9 Å². The molecule has 24 heavy (non-hydrogen) atoms. The summed E-state index contributed by atoms with van der Waals surface area (Å²) in [4.78, 5) is 39.3. The average molecular weight is 347 g/mol. The molecule has 132 valence electrons. The second-order valence-electron chi connectivity index (χ2n) is 5.53. The number of likely N-dealkylation sites (tertiary alicyclic amines) is 2. The molecule has 0 aliphatic carbocycles. The summed E-state index contributed by atoms with van der Waals surface area (Å²) in [7, 11) is 1.83. The second kappa shape index (κ2) is 6.54. The van der Waals surface area contributed by atoms with E-state index in [-0.39, 0.29) is 23.9 Å². The van der Waals surface area contributed by atoms with Crippen molar-refractivity contribution in [1.29, 1.82) is 0 Å². The average Bonchev–Trinajstić information content (AvgIpc) is 3.19. The molecule has 0 spiro atoms. The highest BCUT2D eigenvalue weighted by molar-refractivity contribution is 5.95. The lowest BCUT2D eigenvalue weighted by atomic mass is 10.1. The Hall–Kier alpha value is -2.52. The number of aromatic nitrogens is 1. The van der Waals surface area contributed by atoms with Crippen LogP contribution in [0.3, 0.4) is 0 Å². The van der Waals surface area contributed by atoms with E-state index >= 15 is 0 Å². The largest absolute Gasteiger partial charge is 0.490 e. The van der Waals surface area contributed by atoms with E-state index in [1.54, 1.807) is 23.4 Å².